The Kier molecular flexibility index (Phi) is 4.79. The Morgan fingerprint density at radius 2 is 1.54 bits per heavy atom. The lowest BCUT2D eigenvalue weighted by Gasteiger charge is -2.36. The van der Waals surface area contributed by atoms with E-state index in [2.05, 4.69) is 0 Å². The van der Waals surface area contributed by atoms with E-state index >= 15 is 0 Å². The van der Waals surface area contributed by atoms with Crippen LogP contribution in [0.1, 0.15) is 31.3 Å². The fraction of sp³-hybridized carbons (Fsp3) is 0.350. The zero-order valence-corrected chi connectivity index (χ0v) is 15.6. The molecule has 0 saturated heterocycles. The number of rotatable bonds is 7. The minimum atomic E-state index is -2.80. The number of hydrogen-bond acceptors (Lipinski definition) is 1. The summed E-state index contributed by atoms with van der Waals surface area (Å²) >= 11 is 0. The Balaban J connectivity index is 0.00000420. The summed E-state index contributed by atoms with van der Waals surface area (Å²) in [4.78, 5) is 12.8. The number of benzene rings is 2. The van der Waals surface area contributed by atoms with E-state index < -0.39 is 29.2 Å². The molecule has 24 heavy (non-hydrogen) atoms. The van der Waals surface area contributed by atoms with Gasteiger partial charge < -0.3 is 27.2 Å². The average molecular weight is 396 g/mol. The largest absolute Gasteiger partial charge is 1.00 e. The monoisotopic (exact) mass is 395 g/mol. The molecule has 2 N–H and O–H groups in total. The summed E-state index contributed by atoms with van der Waals surface area (Å²) in [5.41, 5.74) is 6.11. The van der Waals surface area contributed by atoms with E-state index in [4.69, 9.17) is 12.6 Å². The van der Waals surface area contributed by atoms with Gasteiger partial charge in [0.05, 0.1) is 29.9 Å². The summed E-state index contributed by atoms with van der Waals surface area (Å²) in [6, 6.07) is 18.2. The molecule has 130 valence electrons. The lowest BCUT2D eigenvalue weighted by Crippen LogP contribution is -3.00. The van der Waals surface area contributed by atoms with Crippen LogP contribution in [0.4, 0.5) is 0 Å². The molecule has 0 fully saturated rings. The smallest absolute Gasteiger partial charge is 0.232 e. The summed E-state index contributed by atoms with van der Waals surface area (Å²) in [5, 5.41) is 0. The van der Waals surface area contributed by atoms with E-state index in [1.807, 2.05) is 60.7 Å². The zero-order valence-electron chi connectivity index (χ0n) is 19.0. The van der Waals surface area contributed by atoms with E-state index in [1.165, 1.54) is 14.1 Å². The molecular formula is C20H27BrN2O. The molecule has 2 aromatic rings. The van der Waals surface area contributed by atoms with Gasteiger partial charge in [0.2, 0.25) is 5.91 Å². The van der Waals surface area contributed by atoms with E-state index in [9.17, 15) is 4.79 Å². The van der Waals surface area contributed by atoms with Crippen molar-refractivity contribution in [3.05, 3.63) is 71.8 Å². The van der Waals surface area contributed by atoms with Crippen LogP contribution >= 0.6 is 0 Å². The molecule has 0 unspecified atom stereocenters. The molecule has 4 heteroatoms. The molecule has 0 bridgehead atoms. The first-order valence-corrected chi connectivity index (χ1v) is 7.60. The van der Waals surface area contributed by atoms with E-state index in [-0.39, 0.29) is 29.9 Å². The summed E-state index contributed by atoms with van der Waals surface area (Å²) in [5.74, 6) is -0.556. The third-order valence-corrected chi connectivity index (χ3v) is 4.30. The predicted molar refractivity (Wildman–Crippen MR) is 95.0 cm³/mol. The summed E-state index contributed by atoms with van der Waals surface area (Å²) < 4.78 is 38.7. The number of nitrogens with two attached hydrogens (primary N) is 1. The van der Waals surface area contributed by atoms with Gasteiger partial charge in [0, 0.05) is 10.5 Å². The molecule has 0 aliphatic heterocycles. The Morgan fingerprint density at radius 3 is 1.92 bits per heavy atom. The normalized spacial score (nSPS) is 15.8. The van der Waals surface area contributed by atoms with Crippen LogP contribution in [0.2, 0.25) is 0 Å². The summed E-state index contributed by atoms with van der Waals surface area (Å²) in [7, 11) is 3.04. The Labute approximate surface area is 162 Å². The third-order valence-electron chi connectivity index (χ3n) is 4.30. The fourth-order valence-electron chi connectivity index (χ4n) is 2.81. The van der Waals surface area contributed by atoms with Crippen LogP contribution in [0.15, 0.2) is 60.7 Å². The van der Waals surface area contributed by atoms with Gasteiger partial charge in [-0.1, -0.05) is 60.7 Å². The van der Waals surface area contributed by atoms with Crippen LogP contribution < -0.4 is 22.7 Å². The fourth-order valence-corrected chi connectivity index (χ4v) is 2.81. The Morgan fingerprint density at radius 1 is 1.08 bits per heavy atom. The highest BCUT2D eigenvalue weighted by molar-refractivity contribution is 5.90. The van der Waals surface area contributed by atoms with E-state index in [0.717, 1.165) is 0 Å². The SMILES string of the molecule is [2H]C([2H])([2H])C([2H])([2H])[N+](C)(C)CCC(C(N)=O)(c1ccccc1)c1ccccc1.[Br-]. The quantitative estimate of drug-likeness (QED) is 0.656. The maximum atomic E-state index is 12.8. The first kappa shape index (κ1) is 13.6. The first-order chi connectivity index (χ1) is 12.9. The van der Waals surface area contributed by atoms with Gasteiger partial charge in [-0.3, -0.25) is 4.79 Å². The van der Waals surface area contributed by atoms with Gasteiger partial charge in [0.1, 0.15) is 5.41 Å². The maximum absolute atomic E-state index is 12.8. The lowest BCUT2D eigenvalue weighted by molar-refractivity contribution is -0.889. The van der Waals surface area contributed by atoms with E-state index in [1.54, 1.807) is 0 Å². The number of hydrogen-bond donors (Lipinski definition) is 1. The number of halogens is 1. The van der Waals surface area contributed by atoms with Crippen LogP contribution in [0.3, 0.4) is 0 Å². The molecule has 2 rings (SSSR count). The van der Waals surface area contributed by atoms with Gasteiger partial charge in [-0.25, -0.2) is 0 Å². The molecule has 2 aromatic carbocycles. The van der Waals surface area contributed by atoms with Crippen LogP contribution in [-0.2, 0) is 10.2 Å². The van der Waals surface area contributed by atoms with Gasteiger partial charge in [0.25, 0.3) is 0 Å². The molecule has 3 nitrogen and oxygen atoms in total. The minimum absolute atomic E-state index is 0. The number of carbonyl (C=O) groups excluding carboxylic acids is 1. The topological polar surface area (TPSA) is 43.1 Å². The van der Waals surface area contributed by atoms with Crippen molar-refractivity contribution in [1.29, 1.82) is 0 Å². The number of carbonyl (C=O) groups is 1. The number of nitrogens with zero attached hydrogens (tertiary/aromatic N) is 1. The van der Waals surface area contributed by atoms with Crippen LogP contribution in [0, 0.1) is 0 Å². The van der Waals surface area contributed by atoms with Gasteiger partial charge in [-0.05, 0) is 18.0 Å². The molecule has 0 atom stereocenters. The van der Waals surface area contributed by atoms with Gasteiger partial charge in [-0.15, -0.1) is 0 Å². The lowest BCUT2D eigenvalue weighted by atomic mass is 9.71. The third kappa shape index (κ3) is 4.25. The summed E-state index contributed by atoms with van der Waals surface area (Å²) in [6.07, 6.45) is 0.166. The standard InChI is InChI=1S/C20H26N2O.BrH/c1-4-22(2,3)16-15-20(19(21)23,17-11-7-5-8-12-17)18-13-9-6-10-14-18;/h5-14H,4,15-16H2,1-3H3,(H-,21,23);1H/i1D3,4D2;. The van der Waals surface area contributed by atoms with Crippen LogP contribution in [0.25, 0.3) is 0 Å². The predicted octanol–water partition coefficient (Wildman–Crippen LogP) is -0.0516. The molecule has 0 saturated carbocycles. The van der Waals surface area contributed by atoms with Crippen LogP contribution in [0.5, 0.6) is 0 Å². The maximum Gasteiger partial charge on any atom is 0.232 e. The second-order valence-corrected chi connectivity index (χ2v) is 6.27. The highest BCUT2D eigenvalue weighted by Crippen LogP contribution is 2.36. The van der Waals surface area contributed by atoms with Crippen molar-refractivity contribution in [1.82, 2.24) is 0 Å². The van der Waals surface area contributed by atoms with Gasteiger partial charge in [-0.2, -0.15) is 0 Å². The van der Waals surface area contributed by atoms with E-state index in [0.29, 0.717) is 11.1 Å². The van der Waals surface area contributed by atoms with Crippen molar-refractivity contribution in [2.45, 2.75) is 18.7 Å². The number of amides is 1. The number of primary amides is 1. The van der Waals surface area contributed by atoms with Crippen molar-refractivity contribution in [3.63, 3.8) is 0 Å². The number of quaternary nitrogens is 1. The highest BCUT2D eigenvalue weighted by Gasteiger charge is 2.41. The van der Waals surface area contributed by atoms with Crippen molar-refractivity contribution < 1.29 is 33.1 Å². The second-order valence-electron chi connectivity index (χ2n) is 6.27. The van der Waals surface area contributed by atoms with Gasteiger partial charge >= 0.3 is 0 Å². The molecule has 0 aliphatic rings. The van der Waals surface area contributed by atoms with Gasteiger partial charge in [0.15, 0.2) is 0 Å². The molecule has 0 spiro atoms. The molecule has 0 aliphatic carbocycles. The molecule has 0 heterocycles. The molecule has 0 aromatic heterocycles. The second kappa shape index (κ2) is 8.45. The van der Waals surface area contributed by atoms with Crippen molar-refractivity contribution >= 4 is 5.91 Å². The highest BCUT2D eigenvalue weighted by atomic mass is 79.9. The van der Waals surface area contributed by atoms with Crippen LogP contribution in [-0.4, -0.2) is 37.5 Å². The molecule has 0 radical (unpaired) electrons. The summed E-state index contributed by atoms with van der Waals surface area (Å²) in [6.45, 7) is -5.19. The van der Waals surface area contributed by atoms with Crippen molar-refractivity contribution in [2.75, 3.05) is 27.1 Å². The minimum Gasteiger partial charge on any atom is -1.00 e. The average Bonchev–Trinajstić information content (AvgIpc) is 2.62. The Bertz CT molecular complexity index is 771. The Hall–Kier alpha value is -1.65. The van der Waals surface area contributed by atoms with Crippen molar-refractivity contribution in [2.24, 2.45) is 5.73 Å². The molecular weight excluding hydrogens is 364 g/mol. The first-order valence-electron chi connectivity index (χ1n) is 10.1. The zero-order chi connectivity index (χ0) is 21.2. The molecule has 1 amide bonds. The van der Waals surface area contributed by atoms with Crippen molar-refractivity contribution in [3.8, 4) is 0 Å².